The summed E-state index contributed by atoms with van der Waals surface area (Å²) in [5.41, 5.74) is 0. The molecule has 0 spiro atoms. The van der Waals surface area contributed by atoms with Crippen LogP contribution in [0.15, 0.2) is 0 Å². The van der Waals surface area contributed by atoms with E-state index in [9.17, 15) is 13.2 Å². The summed E-state index contributed by atoms with van der Waals surface area (Å²) in [4.78, 5) is 0. The van der Waals surface area contributed by atoms with E-state index < -0.39 is 6.61 Å². The van der Waals surface area contributed by atoms with E-state index in [1.54, 1.807) is 0 Å². The summed E-state index contributed by atoms with van der Waals surface area (Å²) in [7, 11) is 0. The maximum Gasteiger partial charge on any atom is 0.345 e. The first-order valence-electron chi connectivity index (χ1n) is 4.23. The van der Waals surface area contributed by atoms with Gasteiger partial charge in [-0.05, 0) is 12.8 Å². The molecule has 0 aromatic carbocycles. The van der Waals surface area contributed by atoms with Gasteiger partial charge in [-0.2, -0.15) is 8.78 Å². The number of hydrogen-bond donors (Lipinski definition) is 0. The fraction of sp³-hybridized carbons (Fsp3) is 1.00. The second kappa shape index (κ2) is 8.84. The average Bonchev–Trinajstić information content (AvgIpc) is 2.02. The molecule has 12 heavy (non-hydrogen) atoms. The SMILES string of the molecule is FCCCCCCCOC(F)F. The van der Waals surface area contributed by atoms with E-state index >= 15 is 0 Å². The Bertz CT molecular complexity index is 88.4. The Morgan fingerprint density at radius 1 is 0.917 bits per heavy atom. The number of unbranched alkanes of at least 4 members (excludes halogenated alkanes) is 4. The van der Waals surface area contributed by atoms with Crippen molar-refractivity contribution in [2.75, 3.05) is 13.3 Å². The van der Waals surface area contributed by atoms with Crippen molar-refractivity contribution < 1.29 is 17.9 Å². The third kappa shape index (κ3) is 9.75. The van der Waals surface area contributed by atoms with Crippen LogP contribution in [-0.4, -0.2) is 19.9 Å². The Labute approximate surface area is 70.9 Å². The van der Waals surface area contributed by atoms with E-state index in [-0.39, 0.29) is 13.3 Å². The van der Waals surface area contributed by atoms with Gasteiger partial charge in [0.05, 0.1) is 13.3 Å². The molecule has 74 valence electrons. The number of alkyl halides is 3. The third-order valence-corrected chi connectivity index (χ3v) is 1.52. The van der Waals surface area contributed by atoms with E-state index in [1.807, 2.05) is 0 Å². The van der Waals surface area contributed by atoms with Gasteiger partial charge in [0.2, 0.25) is 0 Å². The minimum Gasteiger partial charge on any atom is -0.323 e. The quantitative estimate of drug-likeness (QED) is 0.526. The van der Waals surface area contributed by atoms with Crippen LogP contribution < -0.4 is 0 Å². The Morgan fingerprint density at radius 3 is 2.08 bits per heavy atom. The maximum absolute atomic E-state index is 11.6. The van der Waals surface area contributed by atoms with Crippen LogP contribution in [0.25, 0.3) is 0 Å². The molecule has 0 saturated heterocycles. The summed E-state index contributed by atoms with van der Waals surface area (Å²) in [5, 5.41) is 0. The van der Waals surface area contributed by atoms with Gasteiger partial charge >= 0.3 is 6.61 Å². The Morgan fingerprint density at radius 2 is 1.50 bits per heavy atom. The highest BCUT2D eigenvalue weighted by Crippen LogP contribution is 2.04. The number of hydrogen-bond acceptors (Lipinski definition) is 1. The van der Waals surface area contributed by atoms with Crippen molar-refractivity contribution in [3.05, 3.63) is 0 Å². The fourth-order valence-corrected chi connectivity index (χ4v) is 0.899. The van der Waals surface area contributed by atoms with Crippen molar-refractivity contribution in [3.8, 4) is 0 Å². The van der Waals surface area contributed by atoms with E-state index in [0.717, 1.165) is 19.3 Å². The molecule has 0 aliphatic carbocycles. The Kier molecular flexibility index (Phi) is 8.66. The lowest BCUT2D eigenvalue weighted by molar-refractivity contribution is -0.129. The molecule has 0 aliphatic heterocycles. The maximum atomic E-state index is 11.6. The molecule has 0 atom stereocenters. The van der Waals surface area contributed by atoms with E-state index in [1.165, 1.54) is 0 Å². The van der Waals surface area contributed by atoms with Crippen molar-refractivity contribution in [2.24, 2.45) is 0 Å². The first kappa shape index (κ1) is 11.8. The predicted molar refractivity (Wildman–Crippen MR) is 41.0 cm³/mol. The van der Waals surface area contributed by atoms with Crippen molar-refractivity contribution >= 4 is 0 Å². The molecular weight excluding hydrogens is 169 g/mol. The van der Waals surface area contributed by atoms with Crippen LogP contribution in [0, 0.1) is 0 Å². The highest BCUT2D eigenvalue weighted by Gasteiger charge is 1.99. The molecule has 0 rings (SSSR count). The lowest BCUT2D eigenvalue weighted by atomic mass is 10.2. The van der Waals surface area contributed by atoms with Gasteiger partial charge in [-0.3, -0.25) is 4.39 Å². The summed E-state index contributed by atoms with van der Waals surface area (Å²) in [6, 6.07) is 0. The van der Waals surface area contributed by atoms with E-state index in [2.05, 4.69) is 4.74 Å². The molecule has 0 aromatic rings. The van der Waals surface area contributed by atoms with Crippen molar-refractivity contribution in [2.45, 2.75) is 38.7 Å². The summed E-state index contributed by atoms with van der Waals surface area (Å²) < 4.78 is 38.4. The minimum atomic E-state index is -2.66. The minimum absolute atomic E-state index is 0.104. The van der Waals surface area contributed by atoms with Gasteiger partial charge < -0.3 is 4.74 Å². The largest absolute Gasteiger partial charge is 0.345 e. The van der Waals surface area contributed by atoms with Gasteiger partial charge in [-0.25, -0.2) is 0 Å². The molecule has 0 unspecified atom stereocenters. The first-order chi connectivity index (χ1) is 5.77. The zero-order valence-electron chi connectivity index (χ0n) is 7.07. The van der Waals surface area contributed by atoms with E-state index in [0.29, 0.717) is 12.8 Å². The van der Waals surface area contributed by atoms with Crippen LogP contribution in [0.5, 0.6) is 0 Å². The third-order valence-electron chi connectivity index (χ3n) is 1.52. The Balaban J connectivity index is 2.82. The molecule has 0 fully saturated rings. The number of halogens is 3. The second-order valence-corrected chi connectivity index (χ2v) is 2.59. The highest BCUT2D eigenvalue weighted by atomic mass is 19.3. The van der Waals surface area contributed by atoms with Crippen LogP contribution in [-0.2, 0) is 4.74 Å². The molecule has 1 nitrogen and oxygen atoms in total. The van der Waals surface area contributed by atoms with Crippen LogP contribution in [0.1, 0.15) is 32.1 Å². The molecule has 0 radical (unpaired) electrons. The molecule has 0 aliphatic rings. The fourth-order valence-electron chi connectivity index (χ4n) is 0.899. The standard InChI is InChI=1S/C8H15F3O/c9-6-4-2-1-3-5-7-12-8(10)11/h8H,1-7H2. The van der Waals surface area contributed by atoms with Crippen LogP contribution in [0.3, 0.4) is 0 Å². The van der Waals surface area contributed by atoms with Gasteiger partial charge in [0.1, 0.15) is 0 Å². The van der Waals surface area contributed by atoms with Gasteiger partial charge in [0.15, 0.2) is 0 Å². The molecule has 0 N–H and O–H groups in total. The highest BCUT2D eigenvalue weighted by molar-refractivity contribution is 4.42. The van der Waals surface area contributed by atoms with E-state index in [4.69, 9.17) is 0 Å². The van der Waals surface area contributed by atoms with Crippen LogP contribution >= 0.6 is 0 Å². The van der Waals surface area contributed by atoms with Crippen molar-refractivity contribution in [1.82, 2.24) is 0 Å². The molecule has 0 saturated carbocycles. The summed E-state index contributed by atoms with van der Waals surface area (Å²) in [6.07, 6.45) is 3.79. The monoisotopic (exact) mass is 184 g/mol. The molecular formula is C8H15F3O. The zero-order chi connectivity index (χ0) is 9.23. The molecule has 0 aromatic heterocycles. The summed E-state index contributed by atoms with van der Waals surface area (Å²) in [6.45, 7) is -2.84. The Hall–Kier alpha value is -0.250. The van der Waals surface area contributed by atoms with Gasteiger partial charge in [0.25, 0.3) is 0 Å². The smallest absolute Gasteiger partial charge is 0.323 e. The van der Waals surface area contributed by atoms with Gasteiger partial charge in [-0.1, -0.05) is 19.3 Å². The number of rotatable bonds is 8. The normalized spacial score (nSPS) is 11.0. The predicted octanol–water partition coefficient (Wildman–Crippen LogP) is 3.15. The lowest BCUT2D eigenvalue weighted by Gasteiger charge is -2.01. The molecule has 0 bridgehead atoms. The molecule has 0 heterocycles. The van der Waals surface area contributed by atoms with Crippen molar-refractivity contribution in [3.63, 3.8) is 0 Å². The molecule has 4 heteroatoms. The summed E-state index contributed by atoms with van der Waals surface area (Å²) >= 11 is 0. The lowest BCUT2D eigenvalue weighted by Crippen LogP contribution is -2.00. The van der Waals surface area contributed by atoms with Gasteiger partial charge in [-0.15, -0.1) is 0 Å². The summed E-state index contributed by atoms with van der Waals surface area (Å²) in [5.74, 6) is 0. The average molecular weight is 184 g/mol. The van der Waals surface area contributed by atoms with Crippen LogP contribution in [0.2, 0.25) is 0 Å². The van der Waals surface area contributed by atoms with Gasteiger partial charge in [0, 0.05) is 0 Å². The van der Waals surface area contributed by atoms with Crippen LogP contribution in [0.4, 0.5) is 13.2 Å². The number of ether oxygens (including phenoxy) is 1. The first-order valence-corrected chi connectivity index (χ1v) is 4.23. The van der Waals surface area contributed by atoms with Crippen molar-refractivity contribution in [1.29, 1.82) is 0 Å². The second-order valence-electron chi connectivity index (χ2n) is 2.59. The zero-order valence-corrected chi connectivity index (χ0v) is 7.07. The molecule has 0 amide bonds. The topological polar surface area (TPSA) is 9.23 Å².